The number of Topliss-reactive ketones (excluding diaryl/α,β-unsaturated/α-hetero) is 1. The standard InChI is InChI=1S/C11H14O3/c12-9-5-2-1-4-8(9)11(13)10-6-3-7-14-10/h3,6-9,12H,1-2,4-5H2/t8-,9-/m1/s1. The molecule has 0 bridgehead atoms. The van der Waals surface area contributed by atoms with Gasteiger partial charge in [-0.05, 0) is 25.0 Å². The number of ketones is 1. The number of carbonyl (C=O) groups is 1. The van der Waals surface area contributed by atoms with Crippen molar-refractivity contribution in [2.75, 3.05) is 0 Å². The van der Waals surface area contributed by atoms with Crippen LogP contribution in [0.25, 0.3) is 0 Å². The van der Waals surface area contributed by atoms with Gasteiger partial charge in [-0.15, -0.1) is 0 Å². The highest BCUT2D eigenvalue weighted by atomic mass is 16.3. The van der Waals surface area contributed by atoms with Gasteiger partial charge in [0.05, 0.1) is 18.3 Å². The van der Waals surface area contributed by atoms with Gasteiger partial charge in [0, 0.05) is 0 Å². The van der Waals surface area contributed by atoms with E-state index >= 15 is 0 Å². The number of rotatable bonds is 2. The second-order valence-corrected chi connectivity index (χ2v) is 3.80. The third-order valence-electron chi connectivity index (χ3n) is 2.83. The quantitative estimate of drug-likeness (QED) is 0.733. The van der Waals surface area contributed by atoms with Gasteiger partial charge in [-0.2, -0.15) is 0 Å². The summed E-state index contributed by atoms with van der Waals surface area (Å²) >= 11 is 0. The molecule has 1 fully saturated rings. The van der Waals surface area contributed by atoms with Crippen LogP contribution in [0.1, 0.15) is 36.2 Å². The monoisotopic (exact) mass is 194 g/mol. The summed E-state index contributed by atoms with van der Waals surface area (Å²) in [5, 5.41) is 9.68. The zero-order valence-electron chi connectivity index (χ0n) is 7.98. The Labute approximate surface area is 82.7 Å². The van der Waals surface area contributed by atoms with Gasteiger partial charge in [-0.3, -0.25) is 4.79 Å². The number of aliphatic hydroxyl groups excluding tert-OH is 1. The number of carbonyl (C=O) groups excluding carboxylic acids is 1. The van der Waals surface area contributed by atoms with Crippen molar-refractivity contribution in [2.24, 2.45) is 5.92 Å². The Kier molecular flexibility index (Phi) is 2.68. The highest BCUT2D eigenvalue weighted by molar-refractivity contribution is 5.95. The molecule has 0 radical (unpaired) electrons. The molecule has 1 saturated carbocycles. The number of aliphatic hydroxyl groups is 1. The van der Waals surface area contributed by atoms with E-state index < -0.39 is 6.10 Å². The maximum atomic E-state index is 11.8. The van der Waals surface area contributed by atoms with E-state index in [-0.39, 0.29) is 11.7 Å². The van der Waals surface area contributed by atoms with Crippen molar-refractivity contribution in [3.63, 3.8) is 0 Å². The summed E-state index contributed by atoms with van der Waals surface area (Å²) in [6.07, 6.45) is 4.55. The zero-order valence-corrected chi connectivity index (χ0v) is 7.98. The molecule has 0 spiro atoms. The first-order chi connectivity index (χ1) is 6.79. The van der Waals surface area contributed by atoms with Gasteiger partial charge in [-0.1, -0.05) is 12.8 Å². The SMILES string of the molecule is O=C(c1ccco1)[C@@H]1CCCC[C@H]1O. The second kappa shape index (κ2) is 3.96. The molecule has 0 aliphatic heterocycles. The Morgan fingerprint density at radius 2 is 2.21 bits per heavy atom. The van der Waals surface area contributed by atoms with Gasteiger partial charge < -0.3 is 9.52 Å². The molecule has 1 heterocycles. The van der Waals surface area contributed by atoms with E-state index in [2.05, 4.69) is 0 Å². The Hall–Kier alpha value is -1.09. The van der Waals surface area contributed by atoms with E-state index in [1.165, 1.54) is 6.26 Å². The molecular formula is C11H14O3. The van der Waals surface area contributed by atoms with Crippen molar-refractivity contribution >= 4 is 5.78 Å². The predicted molar refractivity (Wildman–Crippen MR) is 51.0 cm³/mol. The van der Waals surface area contributed by atoms with Gasteiger partial charge >= 0.3 is 0 Å². The number of hydrogen-bond donors (Lipinski definition) is 1. The number of furan rings is 1. The minimum atomic E-state index is -0.485. The lowest BCUT2D eigenvalue weighted by molar-refractivity contribution is 0.0503. The molecule has 0 unspecified atom stereocenters. The molecule has 2 rings (SSSR count). The fourth-order valence-electron chi connectivity index (χ4n) is 2.02. The summed E-state index contributed by atoms with van der Waals surface area (Å²) in [6.45, 7) is 0. The zero-order chi connectivity index (χ0) is 9.97. The molecule has 3 nitrogen and oxygen atoms in total. The third-order valence-corrected chi connectivity index (χ3v) is 2.83. The van der Waals surface area contributed by atoms with Crippen molar-refractivity contribution < 1.29 is 14.3 Å². The molecule has 1 aliphatic carbocycles. The fourth-order valence-corrected chi connectivity index (χ4v) is 2.02. The predicted octanol–water partition coefficient (Wildman–Crippen LogP) is 2.01. The van der Waals surface area contributed by atoms with Crippen LogP contribution in [0.5, 0.6) is 0 Å². The highest BCUT2D eigenvalue weighted by Crippen LogP contribution is 2.27. The van der Waals surface area contributed by atoms with E-state index in [0.717, 1.165) is 25.7 Å². The first-order valence-electron chi connectivity index (χ1n) is 5.05. The van der Waals surface area contributed by atoms with Crippen LogP contribution in [-0.2, 0) is 0 Å². The lowest BCUT2D eigenvalue weighted by Gasteiger charge is -2.25. The molecule has 76 valence electrons. The lowest BCUT2D eigenvalue weighted by atomic mass is 9.83. The average Bonchev–Trinajstić information content (AvgIpc) is 2.70. The molecule has 0 amide bonds. The summed E-state index contributed by atoms with van der Waals surface area (Å²) in [4.78, 5) is 11.8. The van der Waals surface area contributed by atoms with Crippen LogP contribution in [0.2, 0.25) is 0 Å². The van der Waals surface area contributed by atoms with Crippen LogP contribution >= 0.6 is 0 Å². The van der Waals surface area contributed by atoms with Crippen LogP contribution in [0, 0.1) is 5.92 Å². The molecule has 1 aliphatic rings. The van der Waals surface area contributed by atoms with E-state index in [1.54, 1.807) is 12.1 Å². The van der Waals surface area contributed by atoms with E-state index in [0.29, 0.717) is 5.76 Å². The van der Waals surface area contributed by atoms with Gasteiger partial charge in [0.2, 0.25) is 5.78 Å². The smallest absolute Gasteiger partial charge is 0.203 e. The van der Waals surface area contributed by atoms with Gasteiger partial charge in [0.25, 0.3) is 0 Å². The van der Waals surface area contributed by atoms with E-state index in [1.807, 2.05) is 0 Å². The van der Waals surface area contributed by atoms with Crippen molar-refractivity contribution in [2.45, 2.75) is 31.8 Å². The Morgan fingerprint density at radius 3 is 2.86 bits per heavy atom. The minimum absolute atomic E-state index is 0.0535. The normalized spacial score (nSPS) is 27.5. The molecular weight excluding hydrogens is 180 g/mol. The molecule has 3 heteroatoms. The molecule has 1 N–H and O–H groups in total. The van der Waals surface area contributed by atoms with Gasteiger partial charge in [0.1, 0.15) is 0 Å². The van der Waals surface area contributed by atoms with Crippen LogP contribution in [0.15, 0.2) is 22.8 Å². The fraction of sp³-hybridized carbons (Fsp3) is 0.545. The topological polar surface area (TPSA) is 50.4 Å². The molecule has 14 heavy (non-hydrogen) atoms. The van der Waals surface area contributed by atoms with Gasteiger partial charge in [-0.25, -0.2) is 0 Å². The molecule has 1 aromatic rings. The maximum absolute atomic E-state index is 11.8. The maximum Gasteiger partial charge on any atom is 0.203 e. The van der Waals surface area contributed by atoms with Crippen LogP contribution in [0.3, 0.4) is 0 Å². The van der Waals surface area contributed by atoms with Crippen LogP contribution < -0.4 is 0 Å². The first-order valence-corrected chi connectivity index (χ1v) is 5.05. The van der Waals surface area contributed by atoms with Crippen molar-refractivity contribution in [3.8, 4) is 0 Å². The minimum Gasteiger partial charge on any atom is -0.461 e. The third kappa shape index (κ3) is 1.73. The van der Waals surface area contributed by atoms with Crippen LogP contribution in [-0.4, -0.2) is 17.0 Å². The van der Waals surface area contributed by atoms with E-state index in [4.69, 9.17) is 4.42 Å². The Morgan fingerprint density at radius 1 is 1.43 bits per heavy atom. The van der Waals surface area contributed by atoms with Gasteiger partial charge in [0.15, 0.2) is 5.76 Å². The Bertz CT molecular complexity index is 302. The number of hydrogen-bond acceptors (Lipinski definition) is 3. The van der Waals surface area contributed by atoms with Crippen molar-refractivity contribution in [3.05, 3.63) is 24.2 Å². The Balaban J connectivity index is 2.10. The summed E-state index contributed by atoms with van der Waals surface area (Å²) in [7, 11) is 0. The summed E-state index contributed by atoms with van der Waals surface area (Å²) in [5.41, 5.74) is 0. The largest absolute Gasteiger partial charge is 0.461 e. The first kappa shape index (κ1) is 9.46. The summed E-state index contributed by atoms with van der Waals surface area (Å²) in [5.74, 6) is 0.0630. The second-order valence-electron chi connectivity index (χ2n) is 3.80. The highest BCUT2D eigenvalue weighted by Gasteiger charge is 2.31. The lowest BCUT2D eigenvalue weighted by Crippen LogP contribution is -2.31. The van der Waals surface area contributed by atoms with Crippen molar-refractivity contribution in [1.29, 1.82) is 0 Å². The average molecular weight is 194 g/mol. The summed E-state index contributed by atoms with van der Waals surface area (Å²) < 4.78 is 5.04. The summed E-state index contributed by atoms with van der Waals surface area (Å²) in [6, 6.07) is 3.35. The molecule has 2 atom stereocenters. The molecule has 0 saturated heterocycles. The van der Waals surface area contributed by atoms with E-state index in [9.17, 15) is 9.90 Å². The van der Waals surface area contributed by atoms with Crippen LogP contribution in [0.4, 0.5) is 0 Å². The van der Waals surface area contributed by atoms with Crippen molar-refractivity contribution in [1.82, 2.24) is 0 Å². The molecule has 1 aromatic heterocycles. The molecule has 0 aromatic carbocycles.